The van der Waals surface area contributed by atoms with E-state index in [2.05, 4.69) is 84.0 Å². The van der Waals surface area contributed by atoms with E-state index in [4.69, 9.17) is 4.98 Å². The van der Waals surface area contributed by atoms with Gasteiger partial charge >= 0.3 is 0 Å². The molecule has 0 fully saturated rings. The second-order valence-electron chi connectivity index (χ2n) is 10.6. The SMILES string of the molecule is Cc1ccc(C)n1-c1ccc(CN2CCc3nc(C)n(C(c4ccccc4)c4ccccc4)c(=O)c3C2)cc1. The van der Waals surface area contributed by atoms with Gasteiger partial charge in [-0.1, -0.05) is 72.8 Å². The summed E-state index contributed by atoms with van der Waals surface area (Å²) in [4.78, 5) is 21.5. The van der Waals surface area contributed by atoms with E-state index in [-0.39, 0.29) is 11.6 Å². The van der Waals surface area contributed by atoms with E-state index < -0.39 is 0 Å². The van der Waals surface area contributed by atoms with Crippen LogP contribution in [0, 0.1) is 20.8 Å². The molecule has 0 aliphatic carbocycles. The highest BCUT2D eigenvalue weighted by Gasteiger charge is 2.27. The molecule has 3 aromatic carbocycles. The molecule has 5 aromatic rings. The van der Waals surface area contributed by atoms with Gasteiger partial charge in [0.15, 0.2) is 0 Å². The van der Waals surface area contributed by atoms with Crippen LogP contribution in [0.4, 0.5) is 0 Å². The van der Waals surface area contributed by atoms with E-state index in [0.717, 1.165) is 47.7 Å². The van der Waals surface area contributed by atoms with Gasteiger partial charge in [0.1, 0.15) is 5.82 Å². The van der Waals surface area contributed by atoms with Gasteiger partial charge in [-0.05, 0) is 61.7 Å². The number of hydrogen-bond acceptors (Lipinski definition) is 3. The molecule has 5 nitrogen and oxygen atoms in total. The van der Waals surface area contributed by atoms with E-state index in [1.807, 2.05) is 47.9 Å². The monoisotopic (exact) mass is 514 g/mol. The standard InChI is InChI=1S/C34H34N4O/c1-24-14-15-25(2)37(24)30-18-16-27(17-19-30)22-36-21-20-32-31(23-36)34(39)38(26(3)35-32)33(28-10-6-4-7-11-28)29-12-8-5-9-13-29/h4-19,33H,20-23H2,1-3H3. The first-order valence-electron chi connectivity index (χ1n) is 13.7. The predicted octanol–water partition coefficient (Wildman–Crippen LogP) is 6.16. The van der Waals surface area contributed by atoms with Crippen molar-refractivity contribution in [3.8, 4) is 5.69 Å². The van der Waals surface area contributed by atoms with Crippen LogP contribution in [-0.2, 0) is 19.5 Å². The van der Waals surface area contributed by atoms with Crippen molar-refractivity contribution in [2.45, 2.75) is 46.3 Å². The van der Waals surface area contributed by atoms with E-state index in [1.165, 1.54) is 22.6 Å². The van der Waals surface area contributed by atoms with Crippen LogP contribution in [0.3, 0.4) is 0 Å². The molecule has 3 heterocycles. The van der Waals surface area contributed by atoms with Crippen molar-refractivity contribution >= 4 is 0 Å². The summed E-state index contributed by atoms with van der Waals surface area (Å²) in [6.07, 6.45) is 0.785. The van der Waals surface area contributed by atoms with E-state index in [0.29, 0.717) is 6.54 Å². The summed E-state index contributed by atoms with van der Waals surface area (Å²) in [6, 6.07) is 33.4. The Balaban J connectivity index is 1.31. The second kappa shape index (κ2) is 10.5. The third kappa shape index (κ3) is 4.86. The first kappa shape index (κ1) is 25.1. The molecule has 0 saturated carbocycles. The summed E-state index contributed by atoms with van der Waals surface area (Å²) >= 11 is 0. The number of aryl methyl sites for hydroxylation is 3. The largest absolute Gasteiger partial charge is 0.319 e. The van der Waals surface area contributed by atoms with E-state index >= 15 is 0 Å². The van der Waals surface area contributed by atoms with Gasteiger partial charge in [0.05, 0.1) is 17.3 Å². The zero-order chi connectivity index (χ0) is 26.9. The van der Waals surface area contributed by atoms with Crippen LogP contribution in [0.2, 0.25) is 0 Å². The van der Waals surface area contributed by atoms with Gasteiger partial charge in [0.25, 0.3) is 5.56 Å². The molecule has 6 rings (SSSR count). The quantitative estimate of drug-likeness (QED) is 0.273. The van der Waals surface area contributed by atoms with Gasteiger partial charge in [-0.25, -0.2) is 4.98 Å². The van der Waals surface area contributed by atoms with Gasteiger partial charge in [-0.15, -0.1) is 0 Å². The minimum Gasteiger partial charge on any atom is -0.319 e. The van der Waals surface area contributed by atoms with Crippen LogP contribution in [0.15, 0.2) is 102 Å². The molecule has 1 aliphatic heterocycles. The fraction of sp³-hybridized carbons (Fsp3) is 0.235. The molecule has 0 radical (unpaired) electrons. The molecule has 0 bridgehead atoms. The summed E-state index contributed by atoms with van der Waals surface area (Å²) < 4.78 is 4.16. The number of rotatable bonds is 6. The first-order valence-corrected chi connectivity index (χ1v) is 13.7. The number of fused-ring (bicyclic) bond motifs is 1. The summed E-state index contributed by atoms with van der Waals surface area (Å²) in [6.45, 7) is 8.53. The zero-order valence-corrected chi connectivity index (χ0v) is 22.8. The molecular weight excluding hydrogens is 480 g/mol. The lowest BCUT2D eigenvalue weighted by molar-refractivity contribution is 0.240. The Morgan fingerprint density at radius 2 is 1.36 bits per heavy atom. The topological polar surface area (TPSA) is 43.1 Å². The van der Waals surface area contributed by atoms with Crippen molar-refractivity contribution in [2.24, 2.45) is 0 Å². The molecule has 196 valence electrons. The molecule has 0 N–H and O–H groups in total. The fourth-order valence-electron chi connectivity index (χ4n) is 5.95. The fourth-order valence-corrected chi connectivity index (χ4v) is 5.95. The Labute approximate surface area is 230 Å². The van der Waals surface area contributed by atoms with Gasteiger partial charge < -0.3 is 4.57 Å². The summed E-state index contributed by atoms with van der Waals surface area (Å²) in [5.41, 5.74) is 8.88. The molecule has 0 spiro atoms. The van der Waals surface area contributed by atoms with E-state index in [9.17, 15) is 4.79 Å². The molecule has 0 unspecified atom stereocenters. The Morgan fingerprint density at radius 3 is 1.95 bits per heavy atom. The van der Waals surface area contributed by atoms with Crippen LogP contribution in [-0.4, -0.2) is 25.6 Å². The van der Waals surface area contributed by atoms with Crippen molar-refractivity contribution in [3.63, 3.8) is 0 Å². The van der Waals surface area contributed by atoms with Gasteiger partial charge in [0, 0.05) is 43.1 Å². The average Bonchev–Trinajstić information content (AvgIpc) is 3.30. The first-order chi connectivity index (χ1) is 19.0. The van der Waals surface area contributed by atoms with E-state index in [1.54, 1.807) is 0 Å². The van der Waals surface area contributed by atoms with Gasteiger partial charge in [-0.3, -0.25) is 14.3 Å². The number of nitrogens with zero attached hydrogens (tertiary/aromatic N) is 4. The smallest absolute Gasteiger partial charge is 0.259 e. The molecule has 0 amide bonds. The van der Waals surface area contributed by atoms with Crippen LogP contribution in [0.5, 0.6) is 0 Å². The number of hydrogen-bond donors (Lipinski definition) is 0. The van der Waals surface area contributed by atoms with Gasteiger partial charge in [0.2, 0.25) is 0 Å². The Morgan fingerprint density at radius 1 is 0.769 bits per heavy atom. The minimum atomic E-state index is -0.221. The Hall–Kier alpha value is -4.22. The van der Waals surface area contributed by atoms with Crippen molar-refractivity contribution < 1.29 is 0 Å². The number of benzene rings is 3. The lowest BCUT2D eigenvalue weighted by atomic mass is 9.97. The highest BCUT2D eigenvalue weighted by molar-refractivity contribution is 5.40. The maximum Gasteiger partial charge on any atom is 0.259 e. The van der Waals surface area contributed by atoms with Crippen molar-refractivity contribution in [3.05, 3.63) is 153 Å². The lowest BCUT2D eigenvalue weighted by Gasteiger charge is -2.30. The molecule has 39 heavy (non-hydrogen) atoms. The van der Waals surface area contributed by atoms with Crippen LogP contribution >= 0.6 is 0 Å². The Kier molecular flexibility index (Phi) is 6.76. The van der Waals surface area contributed by atoms with Crippen LogP contribution in [0.25, 0.3) is 5.69 Å². The molecule has 0 saturated heterocycles. The molecule has 1 aliphatic rings. The Bertz CT molecular complexity index is 1590. The molecule has 0 atom stereocenters. The maximum absolute atomic E-state index is 14.2. The summed E-state index contributed by atoms with van der Waals surface area (Å²) in [7, 11) is 0. The second-order valence-corrected chi connectivity index (χ2v) is 10.6. The third-order valence-electron chi connectivity index (χ3n) is 7.88. The van der Waals surface area contributed by atoms with Crippen LogP contribution < -0.4 is 5.56 Å². The predicted molar refractivity (Wildman–Crippen MR) is 156 cm³/mol. The van der Waals surface area contributed by atoms with Crippen molar-refractivity contribution in [2.75, 3.05) is 6.54 Å². The average molecular weight is 515 g/mol. The third-order valence-corrected chi connectivity index (χ3v) is 7.88. The molecular formula is C34H34N4O. The highest BCUT2D eigenvalue weighted by atomic mass is 16.1. The normalized spacial score (nSPS) is 13.5. The summed E-state index contributed by atoms with van der Waals surface area (Å²) in [5.74, 6) is 0.760. The van der Waals surface area contributed by atoms with Crippen LogP contribution in [0.1, 0.15) is 51.2 Å². The molecule has 5 heteroatoms. The molecule has 2 aromatic heterocycles. The van der Waals surface area contributed by atoms with Crippen molar-refractivity contribution in [1.82, 2.24) is 19.0 Å². The highest BCUT2D eigenvalue weighted by Crippen LogP contribution is 2.28. The maximum atomic E-state index is 14.2. The number of aromatic nitrogens is 3. The zero-order valence-electron chi connectivity index (χ0n) is 22.8. The van der Waals surface area contributed by atoms with Gasteiger partial charge in [-0.2, -0.15) is 0 Å². The lowest BCUT2D eigenvalue weighted by Crippen LogP contribution is -2.40. The summed E-state index contributed by atoms with van der Waals surface area (Å²) in [5, 5.41) is 0. The minimum absolute atomic E-state index is 0.0637. The van der Waals surface area contributed by atoms with Crippen molar-refractivity contribution in [1.29, 1.82) is 0 Å².